The van der Waals surface area contributed by atoms with E-state index in [-0.39, 0.29) is 5.56 Å². The van der Waals surface area contributed by atoms with Crippen LogP contribution in [-0.2, 0) is 9.53 Å². The van der Waals surface area contributed by atoms with Crippen molar-refractivity contribution in [3.63, 3.8) is 0 Å². The Morgan fingerprint density at radius 2 is 1.59 bits per heavy atom. The normalized spacial score (nSPS) is 14.6. The first-order valence-corrected chi connectivity index (χ1v) is 9.94. The molecule has 1 aromatic rings. The molecular weight excluding hydrogens is 376 g/mol. The summed E-state index contributed by atoms with van der Waals surface area (Å²) >= 11 is 0. The molecule has 1 N–H and O–H groups in total. The van der Waals surface area contributed by atoms with E-state index in [0.29, 0.717) is 49.9 Å². The van der Waals surface area contributed by atoms with Crippen LogP contribution in [0.15, 0.2) is 12.1 Å². The highest BCUT2D eigenvalue weighted by Gasteiger charge is 2.35. The minimum atomic E-state index is -0.854. The van der Waals surface area contributed by atoms with Crippen molar-refractivity contribution in [2.75, 3.05) is 26.4 Å². The summed E-state index contributed by atoms with van der Waals surface area (Å²) in [5.74, 6) is -0.0368. The van der Waals surface area contributed by atoms with Gasteiger partial charge in [0.25, 0.3) is 5.91 Å². The summed E-state index contributed by atoms with van der Waals surface area (Å²) in [6, 6.07) is 5.18. The summed E-state index contributed by atoms with van der Waals surface area (Å²) in [5.41, 5.74) is -0.670. The van der Waals surface area contributed by atoms with Gasteiger partial charge in [0.15, 0.2) is 18.1 Å². The zero-order valence-corrected chi connectivity index (χ0v) is 17.2. The molecule has 29 heavy (non-hydrogen) atoms. The van der Waals surface area contributed by atoms with E-state index < -0.39 is 24.0 Å². The highest BCUT2D eigenvalue weighted by Crippen LogP contribution is 2.39. The standard InChI is InChI=1S/C21H28N2O6/c1-4-26-16-11-15(12-17(27-5-2)19(16)28-6-3)20(25)29-13-18(24)23-21(14-22)9-7-8-10-21/h11-12H,4-10,13H2,1-3H3,(H,23,24). The van der Waals surface area contributed by atoms with Gasteiger partial charge < -0.3 is 24.3 Å². The number of carbonyl (C=O) groups is 2. The minimum absolute atomic E-state index is 0.184. The van der Waals surface area contributed by atoms with Crippen molar-refractivity contribution < 1.29 is 28.5 Å². The van der Waals surface area contributed by atoms with Gasteiger partial charge in [-0.15, -0.1) is 0 Å². The van der Waals surface area contributed by atoms with Crippen molar-refractivity contribution in [2.45, 2.75) is 52.0 Å². The van der Waals surface area contributed by atoms with Gasteiger partial charge in [-0.1, -0.05) is 0 Å². The first-order valence-electron chi connectivity index (χ1n) is 9.94. The predicted octanol–water partition coefficient (Wildman–Crippen LogP) is 2.99. The van der Waals surface area contributed by atoms with Crippen molar-refractivity contribution in [2.24, 2.45) is 0 Å². The summed E-state index contributed by atoms with van der Waals surface area (Å²) in [4.78, 5) is 24.7. The van der Waals surface area contributed by atoms with Crippen molar-refractivity contribution in [3.05, 3.63) is 17.7 Å². The van der Waals surface area contributed by atoms with E-state index in [4.69, 9.17) is 18.9 Å². The van der Waals surface area contributed by atoms with Gasteiger partial charge in [-0.2, -0.15) is 5.26 Å². The molecule has 1 amide bonds. The molecule has 0 unspecified atom stereocenters. The molecule has 0 atom stereocenters. The van der Waals surface area contributed by atoms with Gasteiger partial charge >= 0.3 is 5.97 Å². The Morgan fingerprint density at radius 1 is 1.03 bits per heavy atom. The van der Waals surface area contributed by atoms with Gasteiger partial charge in [0, 0.05) is 0 Å². The quantitative estimate of drug-likeness (QED) is 0.597. The van der Waals surface area contributed by atoms with Gasteiger partial charge in [-0.25, -0.2) is 4.79 Å². The third kappa shape index (κ3) is 5.76. The van der Waals surface area contributed by atoms with Gasteiger partial charge in [-0.05, 0) is 58.6 Å². The fraction of sp³-hybridized carbons (Fsp3) is 0.571. The number of hydrogen-bond donors (Lipinski definition) is 1. The molecule has 0 radical (unpaired) electrons. The summed E-state index contributed by atoms with van der Waals surface area (Å²) in [5, 5.41) is 12.0. The Morgan fingerprint density at radius 3 is 2.07 bits per heavy atom. The zero-order valence-electron chi connectivity index (χ0n) is 17.2. The Bertz CT molecular complexity index is 738. The summed E-state index contributed by atoms with van der Waals surface area (Å²) < 4.78 is 21.9. The van der Waals surface area contributed by atoms with E-state index >= 15 is 0 Å². The van der Waals surface area contributed by atoms with Gasteiger partial charge in [0.1, 0.15) is 5.54 Å². The largest absolute Gasteiger partial charge is 0.490 e. The Balaban J connectivity index is 2.11. The highest BCUT2D eigenvalue weighted by molar-refractivity contribution is 5.93. The monoisotopic (exact) mass is 404 g/mol. The average molecular weight is 404 g/mol. The van der Waals surface area contributed by atoms with Crippen molar-refractivity contribution in [3.8, 4) is 23.3 Å². The van der Waals surface area contributed by atoms with E-state index in [9.17, 15) is 14.9 Å². The van der Waals surface area contributed by atoms with Crippen molar-refractivity contribution in [1.29, 1.82) is 5.26 Å². The molecule has 0 heterocycles. The fourth-order valence-electron chi connectivity index (χ4n) is 3.27. The molecule has 0 bridgehead atoms. The third-order valence-corrected chi connectivity index (χ3v) is 4.53. The first kappa shape index (κ1) is 22.3. The SMILES string of the molecule is CCOc1cc(C(=O)OCC(=O)NC2(C#N)CCCC2)cc(OCC)c1OCC. The number of rotatable bonds is 10. The van der Waals surface area contributed by atoms with Crippen molar-refractivity contribution >= 4 is 11.9 Å². The van der Waals surface area contributed by atoms with Crippen LogP contribution in [0.3, 0.4) is 0 Å². The van der Waals surface area contributed by atoms with Crippen LogP contribution in [0.5, 0.6) is 17.2 Å². The van der Waals surface area contributed by atoms with Crippen LogP contribution < -0.4 is 19.5 Å². The maximum atomic E-state index is 12.5. The molecule has 0 aliphatic heterocycles. The van der Waals surface area contributed by atoms with Crippen LogP contribution >= 0.6 is 0 Å². The molecule has 1 fully saturated rings. The number of nitrogens with one attached hydrogen (secondary N) is 1. The van der Waals surface area contributed by atoms with Crippen LogP contribution in [-0.4, -0.2) is 43.8 Å². The molecule has 8 heteroatoms. The van der Waals surface area contributed by atoms with Gasteiger partial charge in [0.2, 0.25) is 5.75 Å². The number of esters is 1. The lowest BCUT2D eigenvalue weighted by atomic mass is 10.00. The second kappa shape index (κ2) is 10.6. The van der Waals surface area contributed by atoms with E-state index in [1.807, 2.05) is 20.8 Å². The molecule has 1 aliphatic rings. The molecule has 1 aliphatic carbocycles. The fourth-order valence-corrected chi connectivity index (χ4v) is 3.27. The second-order valence-electron chi connectivity index (χ2n) is 6.63. The van der Waals surface area contributed by atoms with E-state index in [1.165, 1.54) is 12.1 Å². The molecule has 0 spiro atoms. The zero-order chi connectivity index (χ0) is 21.3. The molecule has 158 valence electrons. The van der Waals surface area contributed by atoms with Crippen LogP contribution in [0.2, 0.25) is 0 Å². The lowest BCUT2D eigenvalue weighted by Crippen LogP contribution is -2.46. The van der Waals surface area contributed by atoms with Crippen LogP contribution in [0.4, 0.5) is 0 Å². The summed E-state index contributed by atoms with van der Waals surface area (Å²) in [7, 11) is 0. The maximum absolute atomic E-state index is 12.5. The smallest absolute Gasteiger partial charge is 0.338 e. The van der Waals surface area contributed by atoms with E-state index in [2.05, 4.69) is 11.4 Å². The number of hydrogen-bond acceptors (Lipinski definition) is 7. The molecule has 2 rings (SSSR count). The Hall–Kier alpha value is -2.95. The lowest BCUT2D eigenvalue weighted by molar-refractivity contribution is -0.125. The number of carbonyl (C=O) groups excluding carboxylic acids is 2. The molecule has 8 nitrogen and oxygen atoms in total. The summed E-state index contributed by atoms with van der Waals surface area (Å²) in [6.07, 6.45) is 3.00. The number of nitriles is 1. The number of nitrogens with zero attached hydrogens (tertiary/aromatic N) is 1. The van der Waals surface area contributed by atoms with Gasteiger partial charge in [-0.3, -0.25) is 4.79 Å². The third-order valence-electron chi connectivity index (χ3n) is 4.53. The number of ether oxygens (including phenoxy) is 4. The van der Waals surface area contributed by atoms with E-state index in [1.54, 1.807) is 0 Å². The lowest BCUT2D eigenvalue weighted by Gasteiger charge is -2.21. The number of benzene rings is 1. The van der Waals surface area contributed by atoms with Crippen LogP contribution in [0, 0.1) is 11.3 Å². The van der Waals surface area contributed by atoms with Crippen LogP contribution in [0.1, 0.15) is 56.8 Å². The topological polar surface area (TPSA) is 107 Å². The highest BCUT2D eigenvalue weighted by atomic mass is 16.5. The summed E-state index contributed by atoms with van der Waals surface area (Å²) in [6.45, 7) is 6.17. The average Bonchev–Trinajstić information content (AvgIpc) is 3.17. The number of amides is 1. The van der Waals surface area contributed by atoms with E-state index in [0.717, 1.165) is 12.8 Å². The molecule has 0 saturated heterocycles. The van der Waals surface area contributed by atoms with Gasteiger partial charge in [0.05, 0.1) is 31.5 Å². The molecule has 1 aromatic carbocycles. The first-order chi connectivity index (χ1) is 14.0. The molecular formula is C21H28N2O6. The second-order valence-corrected chi connectivity index (χ2v) is 6.63. The Labute approximate surface area is 171 Å². The maximum Gasteiger partial charge on any atom is 0.338 e. The van der Waals surface area contributed by atoms with Crippen molar-refractivity contribution in [1.82, 2.24) is 5.32 Å². The van der Waals surface area contributed by atoms with Crippen LogP contribution in [0.25, 0.3) is 0 Å². The predicted molar refractivity (Wildman–Crippen MR) is 105 cm³/mol. The Kier molecular flexibility index (Phi) is 8.13. The minimum Gasteiger partial charge on any atom is -0.490 e. The molecule has 0 aromatic heterocycles. The molecule has 1 saturated carbocycles.